The first-order chi connectivity index (χ1) is 15.2. The Morgan fingerprint density at radius 1 is 1.31 bits per heavy atom. The SMILES string of the molecule is CC1=N/C(=C2\CN(C(O)c3ccc(F)cc3OC3CNCC(O)C3)CC2=N)NC(C)=C1Cl. The van der Waals surface area contributed by atoms with Crippen LogP contribution in [0.15, 0.2) is 45.3 Å². The lowest BCUT2D eigenvalue weighted by Crippen LogP contribution is -2.45. The van der Waals surface area contributed by atoms with Crippen molar-refractivity contribution in [3.8, 4) is 5.75 Å². The lowest BCUT2D eigenvalue weighted by molar-refractivity contribution is 0.0187. The standard InChI is InChI=1S/C22H27ClFN5O3/c1-11-20(23)12(2)28-21(27-11)17-9-29(10-18(17)25)22(31)16-4-3-13(24)5-19(16)32-15-6-14(30)7-26-8-15/h3-5,14-15,22,25-27,30-31H,6-10H2,1-2H3/b21-17+,25-18?. The van der Waals surface area contributed by atoms with Gasteiger partial charge in [0.15, 0.2) is 0 Å². The third-order valence-electron chi connectivity index (χ3n) is 5.79. The van der Waals surface area contributed by atoms with Crippen LogP contribution in [-0.2, 0) is 0 Å². The number of β-amino-alcohol motifs (C(OH)–C–C–N with tert-alkyl or cyclic N) is 1. The van der Waals surface area contributed by atoms with E-state index >= 15 is 0 Å². The molecule has 0 aromatic heterocycles. The molecule has 32 heavy (non-hydrogen) atoms. The number of nitrogens with zero attached hydrogens (tertiary/aromatic N) is 2. The summed E-state index contributed by atoms with van der Waals surface area (Å²) in [5, 5.41) is 36.2. The highest BCUT2D eigenvalue weighted by atomic mass is 35.5. The highest BCUT2D eigenvalue weighted by Gasteiger charge is 2.33. The van der Waals surface area contributed by atoms with Gasteiger partial charge in [0.2, 0.25) is 0 Å². The largest absolute Gasteiger partial charge is 0.488 e. The van der Waals surface area contributed by atoms with Gasteiger partial charge in [0.1, 0.15) is 29.7 Å². The molecule has 3 aliphatic heterocycles. The monoisotopic (exact) mass is 463 g/mol. The quantitative estimate of drug-likeness (QED) is 0.467. The average Bonchev–Trinajstić information content (AvgIpc) is 3.13. The molecule has 0 bridgehead atoms. The third kappa shape index (κ3) is 4.72. The van der Waals surface area contributed by atoms with E-state index in [9.17, 15) is 14.6 Å². The number of nitrogens with one attached hydrogen (secondary N) is 3. The fraction of sp³-hybridized carbons (Fsp3) is 0.455. The van der Waals surface area contributed by atoms with Gasteiger partial charge < -0.3 is 31.0 Å². The van der Waals surface area contributed by atoms with E-state index < -0.39 is 18.1 Å². The van der Waals surface area contributed by atoms with Crippen LogP contribution in [0.5, 0.6) is 5.75 Å². The predicted molar refractivity (Wildman–Crippen MR) is 120 cm³/mol. The van der Waals surface area contributed by atoms with Crippen molar-refractivity contribution >= 4 is 23.0 Å². The van der Waals surface area contributed by atoms with Gasteiger partial charge in [0, 0.05) is 55.5 Å². The van der Waals surface area contributed by atoms with Gasteiger partial charge in [0.25, 0.3) is 0 Å². The van der Waals surface area contributed by atoms with Crippen LogP contribution in [0.4, 0.5) is 4.39 Å². The number of rotatable bonds is 4. The van der Waals surface area contributed by atoms with Crippen LogP contribution in [0.2, 0.25) is 0 Å². The molecule has 0 amide bonds. The zero-order valence-electron chi connectivity index (χ0n) is 18.0. The van der Waals surface area contributed by atoms with Crippen molar-refractivity contribution in [2.75, 3.05) is 26.2 Å². The molecule has 3 heterocycles. The van der Waals surface area contributed by atoms with E-state index in [0.717, 1.165) is 5.70 Å². The van der Waals surface area contributed by atoms with Gasteiger partial charge in [-0.2, -0.15) is 0 Å². The summed E-state index contributed by atoms with van der Waals surface area (Å²) in [6.07, 6.45) is -1.58. The van der Waals surface area contributed by atoms with Gasteiger partial charge in [0.05, 0.1) is 22.6 Å². The van der Waals surface area contributed by atoms with E-state index in [0.29, 0.717) is 52.9 Å². The van der Waals surface area contributed by atoms with E-state index in [4.69, 9.17) is 21.7 Å². The maximum Gasteiger partial charge on any atom is 0.137 e. The Bertz CT molecular complexity index is 1020. The Balaban J connectivity index is 1.56. The molecule has 0 aliphatic carbocycles. The Hall–Kier alpha value is -2.30. The van der Waals surface area contributed by atoms with Crippen molar-refractivity contribution in [3.05, 3.63) is 51.7 Å². The van der Waals surface area contributed by atoms with Crippen molar-refractivity contribution in [2.24, 2.45) is 4.99 Å². The summed E-state index contributed by atoms with van der Waals surface area (Å²) in [6, 6.07) is 4.00. The highest BCUT2D eigenvalue weighted by Crippen LogP contribution is 2.33. The maximum absolute atomic E-state index is 14.0. The van der Waals surface area contributed by atoms with Crippen molar-refractivity contribution < 1.29 is 19.3 Å². The molecular weight excluding hydrogens is 437 g/mol. The normalized spacial score (nSPS) is 27.9. The number of aliphatic hydroxyl groups excluding tert-OH is 2. The third-order valence-corrected chi connectivity index (χ3v) is 6.34. The number of aliphatic imine (C=N–C) groups is 1. The van der Waals surface area contributed by atoms with Crippen LogP contribution in [0, 0.1) is 11.2 Å². The molecule has 3 unspecified atom stereocenters. The average molecular weight is 464 g/mol. The zero-order chi connectivity index (χ0) is 23.0. The molecular formula is C22H27ClFN5O3. The molecule has 1 aromatic carbocycles. The Labute approximate surface area is 190 Å². The summed E-state index contributed by atoms with van der Waals surface area (Å²) in [6.45, 7) is 5.13. The number of benzene rings is 1. The van der Waals surface area contributed by atoms with Crippen LogP contribution in [0.3, 0.4) is 0 Å². The summed E-state index contributed by atoms with van der Waals surface area (Å²) >= 11 is 6.20. The zero-order valence-corrected chi connectivity index (χ0v) is 18.7. The van der Waals surface area contributed by atoms with E-state index in [-0.39, 0.29) is 24.9 Å². The maximum atomic E-state index is 14.0. The topological polar surface area (TPSA) is 113 Å². The van der Waals surface area contributed by atoms with Gasteiger partial charge in [-0.1, -0.05) is 11.6 Å². The minimum atomic E-state index is -1.11. The molecule has 2 fully saturated rings. The summed E-state index contributed by atoms with van der Waals surface area (Å²) in [5.41, 5.74) is 2.82. The van der Waals surface area contributed by atoms with Crippen LogP contribution >= 0.6 is 11.6 Å². The number of allylic oxidation sites excluding steroid dienone is 2. The van der Waals surface area contributed by atoms with Crippen molar-refractivity contribution in [1.29, 1.82) is 5.41 Å². The number of piperidine rings is 1. The first-order valence-electron chi connectivity index (χ1n) is 10.5. The summed E-state index contributed by atoms with van der Waals surface area (Å²) in [7, 11) is 0. The van der Waals surface area contributed by atoms with E-state index in [1.165, 1.54) is 18.2 Å². The molecule has 4 rings (SSSR count). The Morgan fingerprint density at radius 3 is 2.81 bits per heavy atom. The summed E-state index contributed by atoms with van der Waals surface area (Å²) in [5.74, 6) is 0.288. The van der Waals surface area contributed by atoms with Gasteiger partial charge in [-0.15, -0.1) is 0 Å². The molecule has 5 N–H and O–H groups in total. The van der Waals surface area contributed by atoms with E-state index in [1.807, 2.05) is 6.92 Å². The number of hydrogen-bond donors (Lipinski definition) is 5. The van der Waals surface area contributed by atoms with Crippen molar-refractivity contribution in [3.63, 3.8) is 0 Å². The second kappa shape index (κ2) is 9.29. The second-order valence-electron chi connectivity index (χ2n) is 8.32. The summed E-state index contributed by atoms with van der Waals surface area (Å²) in [4.78, 5) is 6.16. The van der Waals surface area contributed by atoms with Crippen LogP contribution in [0.1, 0.15) is 32.1 Å². The van der Waals surface area contributed by atoms with Crippen molar-refractivity contribution in [1.82, 2.24) is 15.5 Å². The molecule has 10 heteroatoms. The molecule has 3 aliphatic rings. The number of halogens is 2. The number of aliphatic hydroxyl groups is 2. The smallest absolute Gasteiger partial charge is 0.137 e. The molecule has 0 spiro atoms. The highest BCUT2D eigenvalue weighted by molar-refractivity contribution is 6.43. The summed E-state index contributed by atoms with van der Waals surface area (Å²) < 4.78 is 19.9. The minimum absolute atomic E-state index is 0.202. The molecule has 1 aromatic rings. The first-order valence-corrected chi connectivity index (χ1v) is 10.9. The minimum Gasteiger partial charge on any atom is -0.488 e. The van der Waals surface area contributed by atoms with Gasteiger partial charge in [-0.3, -0.25) is 4.90 Å². The van der Waals surface area contributed by atoms with Gasteiger partial charge >= 0.3 is 0 Å². The molecule has 0 saturated carbocycles. The van der Waals surface area contributed by atoms with E-state index in [2.05, 4.69) is 15.6 Å². The fourth-order valence-electron chi connectivity index (χ4n) is 4.11. The van der Waals surface area contributed by atoms with Crippen LogP contribution in [-0.4, -0.2) is 64.9 Å². The molecule has 0 radical (unpaired) electrons. The van der Waals surface area contributed by atoms with Gasteiger partial charge in [-0.05, 0) is 26.0 Å². The lowest BCUT2D eigenvalue weighted by Gasteiger charge is -2.30. The Kier molecular flexibility index (Phi) is 6.64. The second-order valence-corrected chi connectivity index (χ2v) is 8.69. The molecule has 3 atom stereocenters. The number of ether oxygens (including phenoxy) is 1. The lowest BCUT2D eigenvalue weighted by atomic mass is 10.1. The predicted octanol–water partition coefficient (Wildman–Crippen LogP) is 2.00. The van der Waals surface area contributed by atoms with Crippen LogP contribution < -0.4 is 15.4 Å². The first kappa shape index (κ1) is 22.9. The number of likely N-dealkylation sites (tertiary alicyclic amines) is 1. The molecule has 8 nitrogen and oxygen atoms in total. The van der Waals surface area contributed by atoms with Crippen LogP contribution in [0.25, 0.3) is 0 Å². The molecule has 172 valence electrons. The number of hydrogen-bond acceptors (Lipinski definition) is 8. The van der Waals surface area contributed by atoms with E-state index in [1.54, 1.807) is 11.8 Å². The van der Waals surface area contributed by atoms with Gasteiger partial charge in [-0.25, -0.2) is 9.38 Å². The molecule has 2 saturated heterocycles. The Morgan fingerprint density at radius 2 is 2.09 bits per heavy atom. The van der Waals surface area contributed by atoms with Crippen molar-refractivity contribution in [2.45, 2.75) is 38.7 Å². The fourth-order valence-corrected chi connectivity index (χ4v) is 4.20.